The van der Waals surface area contributed by atoms with Gasteiger partial charge in [0.15, 0.2) is 0 Å². The van der Waals surface area contributed by atoms with Crippen LogP contribution in [-0.4, -0.2) is 18.4 Å². The summed E-state index contributed by atoms with van der Waals surface area (Å²) in [7, 11) is 0. The van der Waals surface area contributed by atoms with Crippen molar-refractivity contribution in [3.63, 3.8) is 0 Å². The van der Waals surface area contributed by atoms with Crippen LogP contribution in [0.1, 0.15) is 12.0 Å². The molecule has 0 radical (unpaired) electrons. The van der Waals surface area contributed by atoms with Crippen LogP contribution >= 0.6 is 23.2 Å². The Morgan fingerprint density at radius 2 is 1.80 bits per heavy atom. The average molecular weight is 381 g/mol. The number of halogens is 3. The largest absolute Gasteiger partial charge is 0.370 e. The predicted molar refractivity (Wildman–Crippen MR) is 98.1 cm³/mol. The molecule has 2 N–H and O–H groups in total. The zero-order valence-electron chi connectivity index (χ0n) is 13.1. The van der Waals surface area contributed by atoms with E-state index in [1.807, 2.05) is 0 Å². The molecule has 0 heterocycles. The summed E-state index contributed by atoms with van der Waals surface area (Å²) >= 11 is 12.0. The lowest BCUT2D eigenvalue weighted by atomic mass is 10.2. The normalized spacial score (nSPS) is 10.8. The molecule has 0 aliphatic heterocycles. The maximum Gasteiger partial charge on any atom is 0.251 e. The second kappa shape index (κ2) is 8.65. The Bertz CT molecular complexity index is 807. The van der Waals surface area contributed by atoms with Gasteiger partial charge >= 0.3 is 0 Å². The van der Waals surface area contributed by atoms with E-state index in [9.17, 15) is 14.0 Å². The second-order valence-electron chi connectivity index (χ2n) is 5.16. The van der Waals surface area contributed by atoms with E-state index in [0.717, 1.165) is 0 Å². The smallest absolute Gasteiger partial charge is 0.251 e. The van der Waals surface area contributed by atoms with Gasteiger partial charge in [0.05, 0.1) is 10.0 Å². The van der Waals surface area contributed by atoms with Crippen LogP contribution in [0.4, 0.5) is 10.1 Å². The fraction of sp³-hybridized carbons (Fsp3) is 0.111. The molecule has 7 heteroatoms. The van der Waals surface area contributed by atoms with E-state index < -0.39 is 17.6 Å². The molecule has 4 nitrogen and oxygen atoms in total. The highest BCUT2D eigenvalue weighted by Crippen LogP contribution is 2.26. The van der Waals surface area contributed by atoms with Crippen LogP contribution < -0.4 is 10.6 Å². The lowest BCUT2D eigenvalue weighted by Gasteiger charge is -2.20. The molecular formula is C18H15Cl2FN2O2. The molecule has 130 valence electrons. The van der Waals surface area contributed by atoms with Crippen LogP contribution in [0.15, 0.2) is 48.5 Å². The topological polar surface area (TPSA) is 63.4 Å². The van der Waals surface area contributed by atoms with Crippen molar-refractivity contribution in [1.29, 1.82) is 0 Å². The van der Waals surface area contributed by atoms with Gasteiger partial charge < -0.3 is 10.6 Å². The van der Waals surface area contributed by atoms with Gasteiger partial charge in [0.1, 0.15) is 5.82 Å². The summed E-state index contributed by atoms with van der Waals surface area (Å²) in [6.07, 6.45) is 2.81. The first-order chi connectivity index (χ1) is 11.9. The van der Waals surface area contributed by atoms with Gasteiger partial charge in [-0.25, -0.2) is 4.39 Å². The fourth-order valence-electron chi connectivity index (χ4n) is 2.11. The number of primary amides is 1. The van der Waals surface area contributed by atoms with E-state index in [2.05, 4.69) is 0 Å². The van der Waals surface area contributed by atoms with Crippen LogP contribution in [0, 0.1) is 5.82 Å². The quantitative estimate of drug-likeness (QED) is 0.768. The van der Waals surface area contributed by atoms with Crippen molar-refractivity contribution in [2.45, 2.75) is 6.42 Å². The van der Waals surface area contributed by atoms with Crippen molar-refractivity contribution in [3.8, 4) is 0 Å². The third-order valence-corrected chi connectivity index (χ3v) is 4.21. The lowest BCUT2D eigenvalue weighted by Crippen LogP contribution is -2.32. The van der Waals surface area contributed by atoms with E-state index in [0.29, 0.717) is 21.3 Å². The van der Waals surface area contributed by atoms with Crippen LogP contribution in [0.25, 0.3) is 6.08 Å². The Morgan fingerprint density at radius 3 is 2.44 bits per heavy atom. The van der Waals surface area contributed by atoms with Gasteiger partial charge in [-0.3, -0.25) is 9.59 Å². The van der Waals surface area contributed by atoms with Crippen molar-refractivity contribution in [3.05, 3.63) is 70.0 Å². The van der Waals surface area contributed by atoms with Crippen LogP contribution in [0.5, 0.6) is 0 Å². The summed E-state index contributed by atoms with van der Waals surface area (Å²) in [6, 6.07) is 10.4. The van der Waals surface area contributed by atoms with E-state index in [1.165, 1.54) is 41.3 Å². The highest BCUT2D eigenvalue weighted by atomic mass is 35.5. The highest BCUT2D eigenvalue weighted by molar-refractivity contribution is 6.42. The zero-order chi connectivity index (χ0) is 18.4. The molecule has 0 fully saturated rings. The third kappa shape index (κ3) is 5.31. The van der Waals surface area contributed by atoms with Crippen LogP contribution in [0.3, 0.4) is 0 Å². The summed E-state index contributed by atoms with van der Waals surface area (Å²) in [5.74, 6) is -1.36. The summed E-state index contributed by atoms with van der Waals surface area (Å²) in [5.41, 5.74) is 6.19. The minimum atomic E-state index is -0.540. The number of anilines is 1. The molecule has 2 amide bonds. The molecular weight excluding hydrogens is 366 g/mol. The highest BCUT2D eigenvalue weighted by Gasteiger charge is 2.14. The van der Waals surface area contributed by atoms with Gasteiger partial charge in [-0.15, -0.1) is 0 Å². The first-order valence-electron chi connectivity index (χ1n) is 7.36. The molecule has 0 saturated carbocycles. The number of rotatable bonds is 6. The van der Waals surface area contributed by atoms with Crippen molar-refractivity contribution < 1.29 is 14.0 Å². The maximum absolute atomic E-state index is 13.1. The molecule has 2 aromatic carbocycles. The number of carbonyl (C=O) groups excluding carboxylic acids is 2. The predicted octanol–water partition coefficient (Wildman–Crippen LogP) is 4.05. The Morgan fingerprint density at radius 1 is 1.12 bits per heavy atom. The number of hydrogen-bond acceptors (Lipinski definition) is 2. The first kappa shape index (κ1) is 19.0. The molecule has 2 rings (SSSR count). The average Bonchev–Trinajstić information content (AvgIpc) is 2.57. The van der Waals surface area contributed by atoms with Crippen LogP contribution in [-0.2, 0) is 9.59 Å². The van der Waals surface area contributed by atoms with E-state index in [-0.39, 0.29) is 13.0 Å². The number of carbonyl (C=O) groups is 2. The van der Waals surface area contributed by atoms with E-state index in [1.54, 1.807) is 18.2 Å². The van der Waals surface area contributed by atoms with Gasteiger partial charge in [-0.2, -0.15) is 0 Å². The molecule has 0 unspecified atom stereocenters. The molecule has 0 bridgehead atoms. The van der Waals surface area contributed by atoms with Crippen molar-refractivity contribution in [1.82, 2.24) is 0 Å². The molecule has 0 atom stereocenters. The Kier molecular flexibility index (Phi) is 6.56. The monoisotopic (exact) mass is 380 g/mol. The SMILES string of the molecule is NC(=O)CCN(C(=O)/C=C/c1cccc(Cl)c1Cl)c1ccc(F)cc1. The van der Waals surface area contributed by atoms with Gasteiger partial charge in [0.25, 0.3) is 5.91 Å². The number of hydrogen-bond donors (Lipinski definition) is 1. The van der Waals surface area contributed by atoms with Gasteiger partial charge in [0, 0.05) is 24.7 Å². The first-order valence-corrected chi connectivity index (χ1v) is 8.11. The van der Waals surface area contributed by atoms with E-state index >= 15 is 0 Å². The summed E-state index contributed by atoms with van der Waals surface area (Å²) in [6.45, 7) is 0.0768. The van der Waals surface area contributed by atoms with Crippen molar-refractivity contribution >= 4 is 46.8 Å². The van der Waals surface area contributed by atoms with Gasteiger partial charge in [-0.05, 0) is 42.0 Å². The zero-order valence-corrected chi connectivity index (χ0v) is 14.6. The molecule has 0 spiro atoms. The van der Waals surface area contributed by atoms with Crippen molar-refractivity contribution in [2.24, 2.45) is 5.73 Å². The number of nitrogens with two attached hydrogens (primary N) is 1. The summed E-state index contributed by atoms with van der Waals surface area (Å²) in [4.78, 5) is 24.9. The molecule has 2 aromatic rings. The Labute approximate surface area is 154 Å². The summed E-state index contributed by atoms with van der Waals surface area (Å²) < 4.78 is 13.1. The fourth-order valence-corrected chi connectivity index (χ4v) is 2.48. The molecule has 0 saturated heterocycles. The third-order valence-electron chi connectivity index (χ3n) is 3.37. The maximum atomic E-state index is 13.1. The van der Waals surface area contributed by atoms with Crippen LogP contribution in [0.2, 0.25) is 10.0 Å². The standard InChI is InChI=1S/C18H15Cl2FN2O2/c19-15-3-1-2-12(18(15)20)4-9-17(25)23(11-10-16(22)24)14-7-5-13(21)6-8-14/h1-9H,10-11H2,(H2,22,24)/b9-4+. The molecule has 0 aliphatic rings. The number of nitrogens with zero attached hydrogens (tertiary/aromatic N) is 1. The van der Waals surface area contributed by atoms with Crippen molar-refractivity contribution in [2.75, 3.05) is 11.4 Å². The summed E-state index contributed by atoms with van der Waals surface area (Å²) in [5, 5.41) is 0.707. The Hall–Kier alpha value is -2.37. The molecule has 0 aromatic heterocycles. The Balaban J connectivity index is 2.25. The minimum absolute atomic E-state index is 0.0190. The van der Waals surface area contributed by atoms with Gasteiger partial charge in [-0.1, -0.05) is 35.3 Å². The van der Waals surface area contributed by atoms with Gasteiger partial charge in [0.2, 0.25) is 5.91 Å². The molecule has 25 heavy (non-hydrogen) atoms. The minimum Gasteiger partial charge on any atom is -0.370 e. The number of amides is 2. The lowest BCUT2D eigenvalue weighted by molar-refractivity contribution is -0.118. The molecule has 0 aliphatic carbocycles. The second-order valence-corrected chi connectivity index (χ2v) is 5.94. The number of benzene rings is 2. The van der Waals surface area contributed by atoms with E-state index in [4.69, 9.17) is 28.9 Å².